The second-order valence-corrected chi connectivity index (χ2v) is 8.67. The maximum absolute atomic E-state index is 14.3. The fourth-order valence-electron chi connectivity index (χ4n) is 2.99. The first kappa shape index (κ1) is 15.8. The average Bonchev–Trinajstić information content (AvgIpc) is 2.61. The Morgan fingerprint density at radius 2 is 1.09 bits per heavy atom. The molecule has 3 aromatic carbocycles. The van der Waals surface area contributed by atoms with E-state index in [0.717, 1.165) is 21.5 Å². The molecule has 0 N–H and O–H groups in total. The number of hydrogen-bond donors (Lipinski definition) is 0. The minimum absolute atomic E-state index is 0.887. The fraction of sp³-hybridized carbons (Fsp3) is 0.143. The zero-order valence-corrected chi connectivity index (χ0v) is 14.7. The van der Waals surface area contributed by atoms with E-state index in [2.05, 4.69) is 26.8 Å². The Hall–Kier alpha value is -2.11. The molecular formula is C21H21OP. The molecule has 1 nitrogen and oxygen atoms in total. The molecule has 0 aliphatic rings. The van der Waals surface area contributed by atoms with E-state index in [1.807, 2.05) is 66.7 Å². The van der Waals surface area contributed by atoms with Gasteiger partial charge in [-0.25, -0.2) is 0 Å². The van der Waals surface area contributed by atoms with Crippen molar-refractivity contribution in [3.05, 3.63) is 89.5 Å². The van der Waals surface area contributed by atoms with E-state index >= 15 is 0 Å². The lowest BCUT2D eigenvalue weighted by atomic mass is 10.1. The molecule has 3 rings (SSSR count). The standard InChI is InChI=1S/C21H21OP/c1-16-14-15-21(18(3)17(16)2)23(22,19-10-6-4-7-11-19)20-12-8-5-9-13-20/h4-15H,1-3H3. The molecule has 2 heteroatoms. The maximum atomic E-state index is 14.3. The highest BCUT2D eigenvalue weighted by Gasteiger charge is 2.31. The summed E-state index contributed by atoms with van der Waals surface area (Å²) in [6.07, 6.45) is 0. The van der Waals surface area contributed by atoms with Crippen LogP contribution in [0.3, 0.4) is 0 Å². The zero-order chi connectivity index (χ0) is 16.4. The van der Waals surface area contributed by atoms with E-state index in [4.69, 9.17) is 0 Å². The minimum Gasteiger partial charge on any atom is -0.309 e. The molecular weight excluding hydrogens is 299 g/mol. The topological polar surface area (TPSA) is 17.1 Å². The molecule has 0 bridgehead atoms. The fourth-order valence-corrected chi connectivity index (χ4v) is 5.95. The summed E-state index contributed by atoms with van der Waals surface area (Å²) < 4.78 is 14.3. The van der Waals surface area contributed by atoms with Crippen molar-refractivity contribution in [2.45, 2.75) is 20.8 Å². The van der Waals surface area contributed by atoms with Gasteiger partial charge in [0.25, 0.3) is 0 Å². The Balaban J connectivity index is 2.35. The molecule has 0 unspecified atom stereocenters. The van der Waals surface area contributed by atoms with Crippen molar-refractivity contribution in [1.29, 1.82) is 0 Å². The van der Waals surface area contributed by atoms with Crippen LogP contribution < -0.4 is 15.9 Å². The molecule has 0 radical (unpaired) electrons. The maximum Gasteiger partial charge on any atom is 0.171 e. The molecule has 0 saturated carbocycles. The lowest BCUT2D eigenvalue weighted by Gasteiger charge is -2.23. The summed E-state index contributed by atoms with van der Waals surface area (Å²) in [6, 6.07) is 23.8. The lowest BCUT2D eigenvalue weighted by molar-refractivity contribution is 0.592. The second-order valence-electron chi connectivity index (χ2n) is 5.93. The van der Waals surface area contributed by atoms with Gasteiger partial charge < -0.3 is 4.57 Å². The molecule has 0 amide bonds. The third-order valence-corrected chi connectivity index (χ3v) is 7.82. The molecule has 0 atom stereocenters. The van der Waals surface area contributed by atoms with Crippen LogP contribution in [0, 0.1) is 20.8 Å². The third-order valence-electron chi connectivity index (χ3n) is 4.61. The summed E-state index contributed by atoms with van der Waals surface area (Å²) >= 11 is 0. The summed E-state index contributed by atoms with van der Waals surface area (Å²) in [5, 5.41) is 2.72. The molecule has 3 aromatic rings. The van der Waals surface area contributed by atoms with Crippen molar-refractivity contribution in [2.75, 3.05) is 0 Å². The van der Waals surface area contributed by atoms with Crippen molar-refractivity contribution >= 4 is 23.1 Å². The lowest BCUT2D eigenvalue weighted by Crippen LogP contribution is -2.27. The molecule has 0 aromatic heterocycles. The Morgan fingerprint density at radius 3 is 1.57 bits per heavy atom. The van der Waals surface area contributed by atoms with Crippen LogP contribution in [0.15, 0.2) is 72.8 Å². The van der Waals surface area contributed by atoms with E-state index in [1.165, 1.54) is 11.1 Å². The first-order valence-electron chi connectivity index (χ1n) is 7.84. The van der Waals surface area contributed by atoms with Crippen LogP contribution in [0.25, 0.3) is 0 Å². The molecule has 23 heavy (non-hydrogen) atoms. The van der Waals surface area contributed by atoms with E-state index < -0.39 is 7.14 Å². The average molecular weight is 320 g/mol. The van der Waals surface area contributed by atoms with Gasteiger partial charge in [-0.05, 0) is 37.5 Å². The van der Waals surface area contributed by atoms with Gasteiger partial charge in [-0.1, -0.05) is 72.8 Å². The highest BCUT2D eigenvalue weighted by molar-refractivity contribution is 7.85. The van der Waals surface area contributed by atoms with Crippen LogP contribution in [0.1, 0.15) is 16.7 Å². The quantitative estimate of drug-likeness (QED) is 0.659. The van der Waals surface area contributed by atoms with E-state index in [1.54, 1.807) is 0 Å². The second kappa shape index (κ2) is 6.18. The highest BCUT2D eigenvalue weighted by Crippen LogP contribution is 2.43. The summed E-state index contributed by atoms with van der Waals surface area (Å²) in [6.45, 7) is 6.28. The molecule has 0 aliphatic heterocycles. The van der Waals surface area contributed by atoms with Gasteiger partial charge in [0.2, 0.25) is 0 Å². The Bertz CT molecular complexity index is 824. The van der Waals surface area contributed by atoms with Crippen LogP contribution in [0.2, 0.25) is 0 Å². The number of aryl methyl sites for hydroxylation is 1. The third kappa shape index (κ3) is 2.66. The Labute approximate surface area is 138 Å². The Kier molecular flexibility index (Phi) is 4.24. The molecule has 0 heterocycles. The number of rotatable bonds is 3. The number of hydrogen-bond acceptors (Lipinski definition) is 1. The number of benzene rings is 3. The van der Waals surface area contributed by atoms with E-state index in [9.17, 15) is 4.57 Å². The van der Waals surface area contributed by atoms with Crippen LogP contribution in [0.5, 0.6) is 0 Å². The smallest absolute Gasteiger partial charge is 0.171 e. The van der Waals surface area contributed by atoms with Gasteiger partial charge in [0.1, 0.15) is 0 Å². The van der Waals surface area contributed by atoms with Crippen LogP contribution in [0.4, 0.5) is 0 Å². The predicted molar refractivity (Wildman–Crippen MR) is 100 cm³/mol. The minimum atomic E-state index is -2.86. The summed E-state index contributed by atoms with van der Waals surface area (Å²) in [7, 11) is -2.86. The SMILES string of the molecule is Cc1ccc(P(=O)(c2ccccc2)c2ccccc2)c(C)c1C. The van der Waals surface area contributed by atoms with E-state index in [0.29, 0.717) is 0 Å². The van der Waals surface area contributed by atoms with Crippen LogP contribution >= 0.6 is 7.14 Å². The van der Waals surface area contributed by atoms with Crippen LogP contribution in [-0.4, -0.2) is 0 Å². The van der Waals surface area contributed by atoms with Crippen molar-refractivity contribution in [3.8, 4) is 0 Å². The molecule has 0 aliphatic carbocycles. The van der Waals surface area contributed by atoms with E-state index in [-0.39, 0.29) is 0 Å². The van der Waals surface area contributed by atoms with Crippen molar-refractivity contribution in [1.82, 2.24) is 0 Å². The highest BCUT2D eigenvalue weighted by atomic mass is 31.2. The normalized spacial score (nSPS) is 11.4. The van der Waals surface area contributed by atoms with Gasteiger partial charge in [-0.3, -0.25) is 0 Å². The summed E-state index contributed by atoms with van der Waals surface area (Å²) in [5.41, 5.74) is 3.58. The van der Waals surface area contributed by atoms with Crippen molar-refractivity contribution in [2.24, 2.45) is 0 Å². The van der Waals surface area contributed by atoms with Crippen LogP contribution in [-0.2, 0) is 4.57 Å². The molecule has 0 spiro atoms. The van der Waals surface area contributed by atoms with Gasteiger partial charge in [-0.15, -0.1) is 0 Å². The van der Waals surface area contributed by atoms with Crippen molar-refractivity contribution < 1.29 is 4.57 Å². The van der Waals surface area contributed by atoms with Crippen molar-refractivity contribution in [3.63, 3.8) is 0 Å². The monoisotopic (exact) mass is 320 g/mol. The van der Waals surface area contributed by atoms with Gasteiger partial charge in [0, 0.05) is 15.9 Å². The van der Waals surface area contributed by atoms with Gasteiger partial charge in [-0.2, -0.15) is 0 Å². The van der Waals surface area contributed by atoms with Gasteiger partial charge in [0.15, 0.2) is 7.14 Å². The Morgan fingerprint density at radius 1 is 0.609 bits per heavy atom. The molecule has 0 fully saturated rings. The first-order valence-corrected chi connectivity index (χ1v) is 9.54. The van der Waals surface area contributed by atoms with Gasteiger partial charge >= 0.3 is 0 Å². The largest absolute Gasteiger partial charge is 0.309 e. The predicted octanol–water partition coefficient (Wildman–Crippen LogP) is 4.25. The van der Waals surface area contributed by atoms with Gasteiger partial charge in [0.05, 0.1) is 0 Å². The molecule has 116 valence electrons. The summed E-state index contributed by atoms with van der Waals surface area (Å²) in [4.78, 5) is 0. The first-order chi connectivity index (χ1) is 11.0. The molecule has 0 saturated heterocycles. The summed E-state index contributed by atoms with van der Waals surface area (Å²) in [5.74, 6) is 0. The zero-order valence-electron chi connectivity index (χ0n) is 13.8.